The highest BCUT2D eigenvalue weighted by Gasteiger charge is 2.34. The van der Waals surface area contributed by atoms with Crippen molar-refractivity contribution in [1.82, 2.24) is 14.5 Å². The number of benzene rings is 3. The normalized spacial score (nSPS) is 14.7. The lowest BCUT2D eigenvalue weighted by Crippen LogP contribution is -2.54. The minimum atomic E-state index is -4.01. The molecule has 1 saturated carbocycles. The quantitative estimate of drug-likeness (QED) is 0.281. The van der Waals surface area contributed by atoms with Crippen molar-refractivity contribution < 1.29 is 18.0 Å². The van der Waals surface area contributed by atoms with E-state index in [1.807, 2.05) is 30.3 Å². The number of hydrogen-bond donors (Lipinski definition) is 1. The van der Waals surface area contributed by atoms with Crippen molar-refractivity contribution >= 4 is 56.6 Å². The first-order valence-corrected chi connectivity index (χ1v) is 15.9. The molecule has 1 aliphatic rings. The Morgan fingerprint density at radius 1 is 0.927 bits per heavy atom. The summed E-state index contributed by atoms with van der Waals surface area (Å²) in [6, 6.07) is 19.2. The summed E-state index contributed by atoms with van der Waals surface area (Å²) < 4.78 is 27.5. The summed E-state index contributed by atoms with van der Waals surface area (Å²) in [5.41, 5.74) is 1.44. The zero-order chi connectivity index (χ0) is 29.6. The van der Waals surface area contributed by atoms with Crippen LogP contribution in [0.3, 0.4) is 0 Å². The highest BCUT2D eigenvalue weighted by molar-refractivity contribution is 7.89. The van der Waals surface area contributed by atoms with Gasteiger partial charge >= 0.3 is 0 Å². The van der Waals surface area contributed by atoms with E-state index in [1.54, 1.807) is 18.2 Å². The van der Waals surface area contributed by atoms with E-state index >= 15 is 0 Å². The van der Waals surface area contributed by atoms with E-state index in [9.17, 15) is 18.0 Å². The molecule has 2 amide bonds. The number of rotatable bonds is 11. The summed E-state index contributed by atoms with van der Waals surface area (Å²) in [7, 11) is -2.68. The van der Waals surface area contributed by atoms with Crippen molar-refractivity contribution in [1.29, 1.82) is 0 Å². The molecule has 3 aromatic rings. The molecular weight excluding hydrogens is 605 g/mol. The number of sulfonamides is 1. The number of carbonyl (C=O) groups is 2. The van der Waals surface area contributed by atoms with E-state index in [1.165, 1.54) is 36.2 Å². The smallest absolute Gasteiger partial charge is 0.243 e. The number of carbonyl (C=O) groups excluding carboxylic acids is 2. The van der Waals surface area contributed by atoms with Gasteiger partial charge in [0.25, 0.3) is 0 Å². The van der Waals surface area contributed by atoms with Gasteiger partial charge in [-0.1, -0.05) is 84.0 Å². The molecule has 0 unspecified atom stereocenters. The van der Waals surface area contributed by atoms with Gasteiger partial charge in [-0.25, -0.2) is 8.42 Å². The Morgan fingerprint density at radius 3 is 2.20 bits per heavy atom. The van der Waals surface area contributed by atoms with Gasteiger partial charge in [-0.3, -0.25) is 9.59 Å². The van der Waals surface area contributed by atoms with E-state index in [4.69, 9.17) is 34.8 Å². The maximum absolute atomic E-state index is 14.0. The van der Waals surface area contributed by atoms with Crippen LogP contribution in [0.1, 0.15) is 36.8 Å². The number of nitrogens with zero attached hydrogens (tertiary/aromatic N) is 2. The molecule has 0 aliphatic heterocycles. The molecule has 1 aliphatic carbocycles. The van der Waals surface area contributed by atoms with Crippen LogP contribution in [0.25, 0.3) is 0 Å². The van der Waals surface area contributed by atoms with Gasteiger partial charge in [-0.05, 0) is 60.4 Å². The predicted octanol–water partition coefficient (Wildman–Crippen LogP) is 5.97. The van der Waals surface area contributed by atoms with Crippen LogP contribution in [0, 0.1) is 0 Å². The van der Waals surface area contributed by atoms with Gasteiger partial charge in [0.2, 0.25) is 21.8 Å². The fourth-order valence-corrected chi connectivity index (χ4v) is 6.62. The third-order valence-electron chi connectivity index (χ3n) is 7.21. The molecule has 7 nitrogen and oxygen atoms in total. The van der Waals surface area contributed by atoms with Crippen LogP contribution in [0.4, 0.5) is 0 Å². The summed E-state index contributed by atoms with van der Waals surface area (Å²) in [6.45, 7) is -0.503. The fraction of sp³-hybridized carbons (Fsp3) is 0.333. The molecule has 0 aromatic heterocycles. The lowest BCUT2D eigenvalue weighted by molar-refractivity contribution is -0.141. The average molecular weight is 637 g/mol. The maximum Gasteiger partial charge on any atom is 0.243 e. The third-order valence-corrected chi connectivity index (χ3v) is 9.86. The van der Waals surface area contributed by atoms with E-state index < -0.39 is 28.5 Å². The third kappa shape index (κ3) is 8.23. The number of amides is 2. The van der Waals surface area contributed by atoms with Gasteiger partial charge in [-0.15, -0.1) is 0 Å². The molecule has 4 rings (SSSR count). The molecule has 1 atom stereocenters. The standard InChI is InChI=1S/C30H32Cl3N3O4S/c1-35(41(39,40)26-15-13-23(31)14-16-26)20-29(37)36(19-22-11-12-24(32)18-27(22)33)28(17-21-7-3-2-4-8-21)30(38)34-25-9-5-6-10-25/h2-4,7-8,11-16,18,25,28H,5-6,9-10,17,19-20H2,1H3,(H,34,38)/t28-/m1/s1. The minimum Gasteiger partial charge on any atom is -0.352 e. The summed E-state index contributed by atoms with van der Waals surface area (Å²) >= 11 is 18.5. The highest BCUT2D eigenvalue weighted by Crippen LogP contribution is 2.26. The molecule has 1 N–H and O–H groups in total. The van der Waals surface area contributed by atoms with Gasteiger partial charge in [0.15, 0.2) is 0 Å². The first-order chi connectivity index (χ1) is 19.5. The Labute approximate surface area is 256 Å². The van der Waals surface area contributed by atoms with E-state index in [0.29, 0.717) is 20.6 Å². The Bertz CT molecular complexity index is 1460. The van der Waals surface area contributed by atoms with Gasteiger partial charge in [-0.2, -0.15) is 4.31 Å². The molecule has 0 spiro atoms. The second-order valence-electron chi connectivity index (χ2n) is 10.2. The number of hydrogen-bond acceptors (Lipinski definition) is 4. The second-order valence-corrected chi connectivity index (χ2v) is 13.5. The Balaban J connectivity index is 1.68. The SMILES string of the molecule is CN(CC(=O)N(Cc1ccc(Cl)cc1Cl)[C@H](Cc1ccccc1)C(=O)NC1CCCC1)S(=O)(=O)c1ccc(Cl)cc1. The van der Waals surface area contributed by atoms with E-state index in [2.05, 4.69) is 5.32 Å². The Kier molecular flexibility index (Phi) is 10.7. The second kappa shape index (κ2) is 14.0. The summed E-state index contributed by atoms with van der Waals surface area (Å²) in [4.78, 5) is 29.2. The van der Waals surface area contributed by atoms with Crippen molar-refractivity contribution in [3.63, 3.8) is 0 Å². The molecule has 0 heterocycles. The zero-order valence-corrected chi connectivity index (χ0v) is 25.7. The van der Waals surface area contributed by atoms with Gasteiger partial charge in [0, 0.05) is 41.1 Å². The van der Waals surface area contributed by atoms with Crippen molar-refractivity contribution in [2.45, 2.75) is 55.6 Å². The average Bonchev–Trinajstić information content (AvgIpc) is 3.45. The van der Waals surface area contributed by atoms with Crippen molar-refractivity contribution in [2.24, 2.45) is 0 Å². The van der Waals surface area contributed by atoms with Crippen molar-refractivity contribution in [3.05, 3.63) is 99.0 Å². The van der Waals surface area contributed by atoms with Gasteiger partial charge in [0.05, 0.1) is 11.4 Å². The molecular formula is C30H32Cl3N3O4S. The first kappa shape index (κ1) is 31.3. The first-order valence-electron chi connectivity index (χ1n) is 13.3. The molecule has 0 bridgehead atoms. The molecule has 0 radical (unpaired) electrons. The molecule has 3 aromatic carbocycles. The van der Waals surface area contributed by atoms with Crippen LogP contribution in [-0.2, 0) is 32.6 Å². The summed E-state index contributed by atoms with van der Waals surface area (Å²) in [5.74, 6) is -0.832. The lowest BCUT2D eigenvalue weighted by Gasteiger charge is -2.33. The largest absolute Gasteiger partial charge is 0.352 e. The summed E-state index contributed by atoms with van der Waals surface area (Å²) in [6.07, 6.45) is 4.06. The number of nitrogens with one attached hydrogen (secondary N) is 1. The van der Waals surface area contributed by atoms with Crippen molar-refractivity contribution in [2.75, 3.05) is 13.6 Å². The molecule has 0 saturated heterocycles. The van der Waals surface area contributed by atoms with Gasteiger partial charge < -0.3 is 10.2 Å². The number of halogens is 3. The summed E-state index contributed by atoms with van der Waals surface area (Å²) in [5, 5.41) is 4.30. The fourth-order valence-electron chi connectivity index (χ4n) is 4.91. The van der Waals surface area contributed by atoms with Crippen molar-refractivity contribution in [3.8, 4) is 0 Å². The molecule has 41 heavy (non-hydrogen) atoms. The van der Waals surface area contributed by atoms with Crippen LogP contribution < -0.4 is 5.32 Å². The highest BCUT2D eigenvalue weighted by atomic mass is 35.5. The Morgan fingerprint density at radius 2 is 1.56 bits per heavy atom. The monoisotopic (exact) mass is 635 g/mol. The van der Waals surface area contributed by atoms with Gasteiger partial charge in [0.1, 0.15) is 6.04 Å². The lowest BCUT2D eigenvalue weighted by atomic mass is 10.0. The van der Waals surface area contributed by atoms with Crippen LogP contribution >= 0.6 is 34.8 Å². The van der Waals surface area contributed by atoms with E-state index in [-0.39, 0.29) is 29.8 Å². The minimum absolute atomic E-state index is 0.00399. The maximum atomic E-state index is 14.0. The topological polar surface area (TPSA) is 86.8 Å². The van der Waals surface area contributed by atoms with E-state index in [0.717, 1.165) is 35.6 Å². The van der Waals surface area contributed by atoms with Crippen LogP contribution in [-0.4, -0.2) is 55.1 Å². The predicted molar refractivity (Wildman–Crippen MR) is 163 cm³/mol. The molecule has 218 valence electrons. The zero-order valence-electron chi connectivity index (χ0n) is 22.6. The van der Waals surface area contributed by atoms with Crippen LogP contribution in [0.2, 0.25) is 15.1 Å². The number of likely N-dealkylation sites (N-methyl/N-ethyl adjacent to an activating group) is 1. The molecule has 11 heteroatoms. The van der Waals surface area contributed by atoms with Crippen LogP contribution in [0.5, 0.6) is 0 Å². The molecule has 1 fully saturated rings. The van der Waals surface area contributed by atoms with Crippen LogP contribution in [0.15, 0.2) is 77.7 Å². The Hall–Kier alpha value is -2.62.